The predicted molar refractivity (Wildman–Crippen MR) is 113 cm³/mol. The number of benzene rings is 1. The number of carbonyl (C=O) groups is 1. The number of nitrogens with one attached hydrogen (secondary N) is 1. The number of nitrogens with zero attached hydrogens (tertiary/aromatic N) is 2. The number of pyridine rings is 1. The van der Waals surface area contributed by atoms with Crippen LogP contribution >= 0.6 is 0 Å². The lowest BCUT2D eigenvalue weighted by atomic mass is 10.1. The molecule has 7 nitrogen and oxygen atoms in total. The van der Waals surface area contributed by atoms with Crippen LogP contribution in [0.5, 0.6) is 0 Å². The van der Waals surface area contributed by atoms with Crippen molar-refractivity contribution in [2.75, 3.05) is 18.4 Å². The van der Waals surface area contributed by atoms with Gasteiger partial charge in [0.2, 0.25) is 10.0 Å². The molecule has 0 unspecified atom stereocenters. The molecule has 0 spiro atoms. The Hall–Kier alpha value is -2.97. The summed E-state index contributed by atoms with van der Waals surface area (Å²) < 4.78 is 32.4. The van der Waals surface area contributed by atoms with E-state index < -0.39 is 15.9 Å². The Morgan fingerprint density at radius 1 is 1.07 bits per heavy atom. The second-order valence-corrected chi connectivity index (χ2v) is 9.23. The summed E-state index contributed by atoms with van der Waals surface area (Å²) in [5.41, 5.74) is 2.86. The van der Waals surface area contributed by atoms with Crippen molar-refractivity contribution in [2.24, 2.45) is 0 Å². The van der Waals surface area contributed by atoms with Crippen molar-refractivity contribution in [3.8, 4) is 0 Å². The lowest BCUT2D eigenvalue weighted by Gasteiger charge is -2.14. The largest absolute Gasteiger partial charge is 0.455 e. The Labute approximate surface area is 175 Å². The zero-order valence-corrected chi connectivity index (χ0v) is 17.5. The minimum Gasteiger partial charge on any atom is -0.455 e. The van der Waals surface area contributed by atoms with E-state index in [1.807, 2.05) is 36.4 Å². The van der Waals surface area contributed by atoms with Crippen LogP contribution in [0, 0.1) is 6.92 Å². The highest BCUT2D eigenvalue weighted by Gasteiger charge is 2.31. The van der Waals surface area contributed by atoms with Crippen LogP contribution in [0.2, 0.25) is 0 Å². The maximum Gasteiger partial charge on any atom is 0.291 e. The Balaban J connectivity index is 1.45. The number of aromatic nitrogens is 1. The molecule has 1 saturated heterocycles. The minimum atomic E-state index is -3.64. The molecule has 1 fully saturated rings. The summed E-state index contributed by atoms with van der Waals surface area (Å²) in [5.74, 6) is -0.284. The standard InChI is InChI=1S/C22H23N3O4S/c1-16-21(30(27,28)25-12-2-3-13-25)15-20(29-16)22(26)24-19-6-4-17(5-7-19)14-18-8-10-23-11-9-18/h4-11,15H,2-3,12-14H2,1H3,(H,24,26). The lowest BCUT2D eigenvalue weighted by molar-refractivity contribution is 0.0995. The van der Waals surface area contributed by atoms with Gasteiger partial charge < -0.3 is 9.73 Å². The number of anilines is 1. The van der Waals surface area contributed by atoms with Gasteiger partial charge in [0.25, 0.3) is 5.91 Å². The zero-order chi connectivity index (χ0) is 21.1. The van der Waals surface area contributed by atoms with Crippen LogP contribution in [0.3, 0.4) is 0 Å². The molecule has 1 aromatic carbocycles. The molecule has 1 N–H and O–H groups in total. The fraction of sp³-hybridized carbons (Fsp3) is 0.273. The summed E-state index contributed by atoms with van der Waals surface area (Å²) in [6, 6.07) is 12.7. The van der Waals surface area contributed by atoms with Gasteiger partial charge in [-0.2, -0.15) is 4.31 Å². The average molecular weight is 426 g/mol. The third kappa shape index (κ3) is 4.29. The molecule has 4 rings (SSSR count). The fourth-order valence-electron chi connectivity index (χ4n) is 3.54. The van der Waals surface area contributed by atoms with Gasteiger partial charge in [-0.05, 0) is 61.6 Å². The van der Waals surface area contributed by atoms with Crippen molar-refractivity contribution in [1.29, 1.82) is 0 Å². The second kappa shape index (κ2) is 8.41. The molecule has 3 heterocycles. The molecular weight excluding hydrogens is 402 g/mol. The van der Waals surface area contributed by atoms with Gasteiger partial charge >= 0.3 is 0 Å². The van der Waals surface area contributed by atoms with E-state index in [1.165, 1.54) is 10.4 Å². The van der Waals surface area contributed by atoms with Gasteiger partial charge in [0.05, 0.1) is 0 Å². The molecule has 0 saturated carbocycles. The summed E-state index contributed by atoms with van der Waals surface area (Å²) in [6.07, 6.45) is 5.98. The van der Waals surface area contributed by atoms with E-state index in [4.69, 9.17) is 4.42 Å². The summed E-state index contributed by atoms with van der Waals surface area (Å²) in [4.78, 5) is 16.7. The van der Waals surface area contributed by atoms with E-state index in [2.05, 4.69) is 10.3 Å². The first kappa shape index (κ1) is 20.3. The number of sulfonamides is 1. The van der Waals surface area contributed by atoms with Gasteiger partial charge in [0.1, 0.15) is 10.7 Å². The van der Waals surface area contributed by atoms with Gasteiger partial charge in [0.15, 0.2) is 5.76 Å². The highest BCUT2D eigenvalue weighted by atomic mass is 32.2. The molecule has 0 bridgehead atoms. The van der Waals surface area contributed by atoms with Crippen molar-refractivity contribution in [2.45, 2.75) is 31.1 Å². The fourth-order valence-corrected chi connectivity index (χ4v) is 5.21. The Bertz CT molecular complexity index is 1130. The van der Waals surface area contributed by atoms with Crippen LogP contribution in [0.1, 0.15) is 40.3 Å². The summed E-state index contributed by atoms with van der Waals surface area (Å²) >= 11 is 0. The van der Waals surface area contributed by atoms with Crippen LogP contribution in [0.25, 0.3) is 0 Å². The van der Waals surface area contributed by atoms with Crippen molar-refractivity contribution in [3.05, 3.63) is 77.5 Å². The van der Waals surface area contributed by atoms with Gasteiger partial charge in [0, 0.05) is 37.2 Å². The van der Waals surface area contributed by atoms with Gasteiger partial charge in [-0.15, -0.1) is 0 Å². The highest BCUT2D eigenvalue weighted by Crippen LogP contribution is 2.27. The first-order valence-electron chi connectivity index (χ1n) is 9.83. The lowest BCUT2D eigenvalue weighted by Crippen LogP contribution is -2.28. The molecule has 2 aromatic heterocycles. The summed E-state index contributed by atoms with van der Waals surface area (Å²) in [6.45, 7) is 2.56. The molecule has 1 amide bonds. The van der Waals surface area contributed by atoms with Crippen LogP contribution < -0.4 is 5.32 Å². The third-order valence-corrected chi connectivity index (χ3v) is 7.15. The number of hydrogen-bond donors (Lipinski definition) is 1. The van der Waals surface area contributed by atoms with Crippen LogP contribution in [0.4, 0.5) is 5.69 Å². The molecule has 0 atom stereocenters. The molecule has 30 heavy (non-hydrogen) atoms. The number of hydrogen-bond acceptors (Lipinski definition) is 5. The maximum absolute atomic E-state index is 12.8. The number of amides is 1. The van der Waals surface area contributed by atoms with Crippen LogP contribution in [-0.2, 0) is 16.4 Å². The molecule has 0 radical (unpaired) electrons. The molecule has 1 aliphatic rings. The number of furan rings is 1. The topological polar surface area (TPSA) is 92.5 Å². The van der Waals surface area contributed by atoms with E-state index in [0.717, 1.165) is 30.4 Å². The van der Waals surface area contributed by atoms with E-state index in [1.54, 1.807) is 19.3 Å². The maximum atomic E-state index is 12.8. The summed E-state index contributed by atoms with van der Waals surface area (Å²) in [7, 11) is -3.64. The third-order valence-electron chi connectivity index (χ3n) is 5.15. The first-order chi connectivity index (χ1) is 14.4. The van der Waals surface area contributed by atoms with Crippen molar-refractivity contribution in [3.63, 3.8) is 0 Å². The minimum absolute atomic E-state index is 0.0221. The van der Waals surface area contributed by atoms with E-state index in [0.29, 0.717) is 18.8 Å². The SMILES string of the molecule is Cc1oc(C(=O)Nc2ccc(Cc3ccncc3)cc2)cc1S(=O)(=O)N1CCCC1. The quantitative estimate of drug-likeness (QED) is 0.651. The molecule has 1 aliphatic heterocycles. The monoisotopic (exact) mass is 425 g/mol. The first-order valence-corrected chi connectivity index (χ1v) is 11.3. The van der Waals surface area contributed by atoms with Gasteiger partial charge in [-0.25, -0.2) is 8.42 Å². The summed E-state index contributed by atoms with van der Waals surface area (Å²) in [5, 5.41) is 2.76. The van der Waals surface area contributed by atoms with Crippen molar-refractivity contribution in [1.82, 2.24) is 9.29 Å². The Morgan fingerprint density at radius 2 is 1.70 bits per heavy atom. The molecule has 156 valence electrons. The van der Waals surface area contributed by atoms with E-state index in [-0.39, 0.29) is 16.4 Å². The smallest absolute Gasteiger partial charge is 0.291 e. The van der Waals surface area contributed by atoms with Crippen LogP contribution in [-0.4, -0.2) is 36.7 Å². The normalized spacial score (nSPS) is 14.7. The van der Waals surface area contributed by atoms with Crippen molar-refractivity contribution >= 4 is 21.6 Å². The number of rotatable bonds is 6. The predicted octanol–water partition coefficient (Wildman–Crippen LogP) is 3.61. The van der Waals surface area contributed by atoms with Crippen molar-refractivity contribution < 1.29 is 17.6 Å². The molecule has 3 aromatic rings. The Morgan fingerprint density at radius 3 is 2.37 bits per heavy atom. The molecule has 0 aliphatic carbocycles. The molecular formula is C22H23N3O4S. The Kier molecular flexibility index (Phi) is 5.69. The van der Waals surface area contributed by atoms with Gasteiger partial charge in [-0.1, -0.05) is 12.1 Å². The highest BCUT2D eigenvalue weighted by molar-refractivity contribution is 7.89. The average Bonchev–Trinajstić information content (AvgIpc) is 3.41. The van der Waals surface area contributed by atoms with Crippen LogP contribution in [0.15, 0.2) is 64.2 Å². The van der Waals surface area contributed by atoms with Gasteiger partial charge in [-0.3, -0.25) is 9.78 Å². The second-order valence-electron chi connectivity index (χ2n) is 7.33. The van der Waals surface area contributed by atoms with E-state index in [9.17, 15) is 13.2 Å². The molecule has 8 heteroatoms. The van der Waals surface area contributed by atoms with E-state index >= 15 is 0 Å². The zero-order valence-electron chi connectivity index (χ0n) is 16.7. The number of carbonyl (C=O) groups excluding carboxylic acids is 1. The number of aryl methyl sites for hydroxylation is 1.